The van der Waals surface area contributed by atoms with Crippen molar-refractivity contribution in [3.8, 4) is 11.6 Å². The number of fused-ring (bicyclic) bond motifs is 1. The first-order valence-electron chi connectivity index (χ1n) is 11.6. The molecular weight excluding hydrogens is 484 g/mol. The molecule has 0 unspecified atom stereocenters. The van der Waals surface area contributed by atoms with Crippen molar-refractivity contribution in [2.75, 3.05) is 22.8 Å². The zero-order valence-corrected chi connectivity index (χ0v) is 21.5. The zero-order valence-electron chi connectivity index (χ0n) is 20.7. The first-order chi connectivity index (χ1) is 17.1. The molecule has 2 heterocycles. The van der Waals surface area contributed by atoms with E-state index in [1.165, 1.54) is 15.2 Å². The van der Waals surface area contributed by atoms with E-state index in [-0.39, 0.29) is 30.5 Å². The number of sulfonamides is 1. The predicted octanol–water partition coefficient (Wildman–Crippen LogP) is 4.42. The number of hydrogen-bond donors (Lipinski definition) is 1. The number of hydrogen-bond acceptors (Lipinski definition) is 7. The maximum atomic E-state index is 13.9. The highest BCUT2D eigenvalue weighted by molar-refractivity contribution is 7.93. The lowest BCUT2D eigenvalue weighted by molar-refractivity contribution is 0.0636. The van der Waals surface area contributed by atoms with Gasteiger partial charge in [0.1, 0.15) is 24.6 Å². The van der Waals surface area contributed by atoms with Gasteiger partial charge in [-0.3, -0.25) is 14.3 Å². The van der Waals surface area contributed by atoms with E-state index in [4.69, 9.17) is 14.2 Å². The fourth-order valence-corrected chi connectivity index (χ4v) is 5.14. The summed E-state index contributed by atoms with van der Waals surface area (Å²) in [5.41, 5.74) is 0.889. The van der Waals surface area contributed by atoms with Gasteiger partial charge in [0, 0.05) is 18.4 Å². The third kappa shape index (κ3) is 5.73. The van der Waals surface area contributed by atoms with E-state index in [1.54, 1.807) is 39.0 Å². The van der Waals surface area contributed by atoms with Crippen LogP contribution in [0.25, 0.3) is 0 Å². The van der Waals surface area contributed by atoms with Gasteiger partial charge < -0.3 is 14.2 Å². The van der Waals surface area contributed by atoms with Gasteiger partial charge in [0.05, 0.1) is 12.2 Å². The van der Waals surface area contributed by atoms with E-state index < -0.39 is 21.7 Å². The van der Waals surface area contributed by atoms with E-state index in [1.807, 2.05) is 37.3 Å². The van der Waals surface area contributed by atoms with Crippen LogP contribution >= 0.6 is 0 Å². The van der Waals surface area contributed by atoms with Crippen LogP contribution in [-0.2, 0) is 27.9 Å². The van der Waals surface area contributed by atoms with Crippen molar-refractivity contribution in [2.24, 2.45) is 0 Å². The van der Waals surface area contributed by atoms with Crippen LogP contribution in [0.2, 0.25) is 0 Å². The molecule has 1 aromatic heterocycles. The molecule has 192 valence electrons. The lowest BCUT2D eigenvalue weighted by Gasteiger charge is -2.30. The maximum Gasteiger partial charge on any atom is 0.412 e. The van der Waals surface area contributed by atoms with Crippen LogP contribution in [0, 0.1) is 0 Å². The van der Waals surface area contributed by atoms with Crippen molar-refractivity contribution < 1.29 is 27.4 Å². The Morgan fingerprint density at radius 3 is 2.61 bits per heavy atom. The molecule has 0 saturated heterocycles. The van der Waals surface area contributed by atoms with Gasteiger partial charge in [-0.1, -0.05) is 30.3 Å². The second-order valence-corrected chi connectivity index (χ2v) is 11.0. The Labute approximate surface area is 210 Å². The molecule has 0 aliphatic carbocycles. The van der Waals surface area contributed by atoms with Crippen LogP contribution in [0.3, 0.4) is 0 Å². The van der Waals surface area contributed by atoms with Crippen LogP contribution in [0.4, 0.5) is 16.2 Å². The Morgan fingerprint density at radius 2 is 1.92 bits per heavy atom. The summed E-state index contributed by atoms with van der Waals surface area (Å²) in [4.78, 5) is 12.2. The fourth-order valence-electron chi connectivity index (χ4n) is 3.61. The summed E-state index contributed by atoms with van der Waals surface area (Å²) in [6.45, 7) is 8.05. The number of anilines is 2. The first kappa shape index (κ1) is 25.4. The molecule has 11 heteroatoms. The average molecular weight is 515 g/mol. The van der Waals surface area contributed by atoms with E-state index in [0.717, 1.165) is 5.56 Å². The minimum Gasteiger partial charge on any atom is -0.489 e. The largest absolute Gasteiger partial charge is 0.489 e. The number of benzene rings is 2. The Morgan fingerprint density at radius 1 is 1.17 bits per heavy atom. The van der Waals surface area contributed by atoms with Crippen LogP contribution in [0.1, 0.15) is 33.3 Å². The highest BCUT2D eigenvalue weighted by Gasteiger charge is 2.35. The molecular formula is C25H30N4O6S. The second kappa shape index (κ2) is 10.1. The van der Waals surface area contributed by atoms with Crippen molar-refractivity contribution in [1.82, 2.24) is 9.78 Å². The summed E-state index contributed by atoms with van der Waals surface area (Å²) in [5, 5.41) is 6.98. The molecule has 36 heavy (non-hydrogen) atoms. The van der Waals surface area contributed by atoms with Crippen molar-refractivity contribution in [2.45, 2.75) is 51.3 Å². The smallest absolute Gasteiger partial charge is 0.412 e. The van der Waals surface area contributed by atoms with Gasteiger partial charge in [0.15, 0.2) is 4.90 Å². The van der Waals surface area contributed by atoms with Gasteiger partial charge in [-0.15, -0.1) is 5.10 Å². The normalized spacial score (nSPS) is 13.5. The molecule has 3 aromatic rings. The van der Waals surface area contributed by atoms with Gasteiger partial charge in [0.25, 0.3) is 15.9 Å². The Hall–Kier alpha value is -3.73. The predicted molar refractivity (Wildman–Crippen MR) is 135 cm³/mol. The highest BCUT2D eigenvalue weighted by Crippen LogP contribution is 2.39. The number of nitrogens with one attached hydrogen (secondary N) is 1. The van der Waals surface area contributed by atoms with Gasteiger partial charge in [0.2, 0.25) is 0 Å². The molecule has 1 N–H and O–H groups in total. The highest BCUT2D eigenvalue weighted by atomic mass is 32.2. The molecule has 0 bridgehead atoms. The van der Waals surface area contributed by atoms with Crippen LogP contribution < -0.4 is 19.1 Å². The molecule has 1 amide bonds. The number of aryl methyl sites for hydroxylation is 1. The summed E-state index contributed by atoms with van der Waals surface area (Å²) < 4.78 is 47.3. The summed E-state index contributed by atoms with van der Waals surface area (Å²) in [6, 6.07) is 14.2. The zero-order chi connectivity index (χ0) is 25.9. The molecule has 0 saturated carbocycles. The van der Waals surface area contributed by atoms with Crippen molar-refractivity contribution >= 4 is 27.5 Å². The SMILES string of the molecule is CCn1cc(S(=O)(=O)N2CCOc3ccc(NC(=O)OC(C)(C)C)cc32)c(OCc2ccccc2)n1. The first-order valence-corrected chi connectivity index (χ1v) is 13.0. The van der Waals surface area contributed by atoms with Gasteiger partial charge >= 0.3 is 6.09 Å². The van der Waals surface area contributed by atoms with Gasteiger partial charge in [-0.05, 0) is 51.5 Å². The molecule has 0 fully saturated rings. The van der Waals surface area contributed by atoms with Gasteiger partial charge in [-0.25, -0.2) is 13.2 Å². The molecule has 1 aliphatic heterocycles. The quantitative estimate of drug-likeness (QED) is 0.497. The number of carbonyl (C=O) groups is 1. The molecule has 0 spiro atoms. The summed E-state index contributed by atoms with van der Waals surface area (Å²) in [5.74, 6) is 0.408. The van der Waals surface area contributed by atoms with E-state index in [2.05, 4.69) is 10.4 Å². The number of nitrogens with zero attached hydrogens (tertiary/aromatic N) is 3. The fraction of sp³-hybridized carbons (Fsp3) is 0.360. The van der Waals surface area contributed by atoms with Gasteiger partial charge in [-0.2, -0.15) is 0 Å². The summed E-state index contributed by atoms with van der Waals surface area (Å²) in [7, 11) is -4.07. The minimum atomic E-state index is -4.07. The van der Waals surface area contributed by atoms with Crippen molar-refractivity contribution in [3.05, 3.63) is 60.3 Å². The molecule has 10 nitrogen and oxygen atoms in total. The standard InChI is InChI=1S/C25H30N4O6S/c1-5-28-16-22(23(27-28)34-17-18-9-7-6-8-10-18)36(31,32)29-13-14-33-21-12-11-19(15-20(21)29)26-24(30)35-25(2,3)4/h6-12,15-16H,5,13-14,17H2,1-4H3,(H,26,30). The Bertz CT molecular complexity index is 1330. The van der Waals surface area contributed by atoms with E-state index in [9.17, 15) is 13.2 Å². The lowest BCUT2D eigenvalue weighted by Crippen LogP contribution is -2.38. The lowest BCUT2D eigenvalue weighted by atomic mass is 10.2. The Kier molecular flexibility index (Phi) is 7.11. The third-order valence-corrected chi connectivity index (χ3v) is 7.03. The number of rotatable bonds is 7. The second-order valence-electron chi connectivity index (χ2n) is 9.16. The van der Waals surface area contributed by atoms with E-state index in [0.29, 0.717) is 23.7 Å². The Balaban J connectivity index is 1.64. The number of ether oxygens (including phenoxy) is 3. The van der Waals surface area contributed by atoms with Crippen LogP contribution in [0.15, 0.2) is 59.6 Å². The molecule has 0 atom stereocenters. The maximum absolute atomic E-state index is 13.9. The summed E-state index contributed by atoms with van der Waals surface area (Å²) >= 11 is 0. The monoisotopic (exact) mass is 514 g/mol. The van der Waals surface area contributed by atoms with E-state index >= 15 is 0 Å². The number of carbonyl (C=O) groups excluding carboxylic acids is 1. The van der Waals surface area contributed by atoms with Crippen LogP contribution in [0.5, 0.6) is 11.6 Å². The van der Waals surface area contributed by atoms with Crippen molar-refractivity contribution in [3.63, 3.8) is 0 Å². The number of aromatic nitrogens is 2. The molecule has 1 aliphatic rings. The molecule has 4 rings (SSSR count). The van der Waals surface area contributed by atoms with Crippen LogP contribution in [-0.4, -0.2) is 43.0 Å². The molecule has 0 radical (unpaired) electrons. The third-order valence-electron chi connectivity index (χ3n) is 5.23. The topological polar surface area (TPSA) is 112 Å². The molecule has 2 aromatic carbocycles. The minimum absolute atomic E-state index is 0.0248. The number of amides is 1. The summed E-state index contributed by atoms with van der Waals surface area (Å²) in [6.07, 6.45) is 0.822. The average Bonchev–Trinajstić information content (AvgIpc) is 3.26. The van der Waals surface area contributed by atoms with Crippen molar-refractivity contribution in [1.29, 1.82) is 0 Å².